The maximum Gasteiger partial charge on any atom is 0.305 e. The number of carbonyl (C=O) groups excluding carboxylic acids is 2. The number of hydrogen-bond donors (Lipinski definition) is 1. The Bertz CT molecular complexity index is 637. The SMILES string of the molecule is COC(=O)CCC(=O)c1ccc(C=S)cc1.Sc1ccccc1. The van der Waals surface area contributed by atoms with E-state index in [9.17, 15) is 9.59 Å². The summed E-state index contributed by atoms with van der Waals surface area (Å²) in [4.78, 5) is 23.5. The topological polar surface area (TPSA) is 43.4 Å². The number of esters is 1. The molecule has 0 amide bonds. The summed E-state index contributed by atoms with van der Waals surface area (Å²) in [7, 11) is 1.31. The first-order valence-electron chi connectivity index (χ1n) is 6.96. The molecular formula is C18H18O3S2. The summed E-state index contributed by atoms with van der Waals surface area (Å²) in [5.41, 5.74) is 1.48. The first-order valence-corrected chi connectivity index (χ1v) is 7.88. The summed E-state index contributed by atoms with van der Waals surface area (Å²) < 4.78 is 4.46. The normalized spacial score (nSPS) is 9.30. The molecule has 0 saturated carbocycles. The van der Waals surface area contributed by atoms with Gasteiger partial charge in [-0.05, 0) is 17.7 Å². The number of methoxy groups -OCH3 is 1. The average molecular weight is 346 g/mol. The van der Waals surface area contributed by atoms with Crippen LogP contribution in [0.3, 0.4) is 0 Å². The van der Waals surface area contributed by atoms with Crippen LogP contribution in [0.2, 0.25) is 0 Å². The number of carbonyl (C=O) groups is 2. The van der Waals surface area contributed by atoms with E-state index in [0.29, 0.717) is 5.56 Å². The molecule has 23 heavy (non-hydrogen) atoms. The summed E-state index contributed by atoms with van der Waals surface area (Å²) >= 11 is 8.84. The molecule has 0 aliphatic heterocycles. The van der Waals surface area contributed by atoms with Crippen molar-refractivity contribution in [3.05, 3.63) is 65.7 Å². The van der Waals surface area contributed by atoms with Crippen LogP contribution in [0.1, 0.15) is 28.8 Å². The van der Waals surface area contributed by atoms with Crippen LogP contribution in [0.5, 0.6) is 0 Å². The summed E-state index contributed by atoms with van der Waals surface area (Å²) in [5.74, 6) is -0.440. The van der Waals surface area contributed by atoms with Gasteiger partial charge in [-0.3, -0.25) is 9.59 Å². The van der Waals surface area contributed by atoms with E-state index in [4.69, 9.17) is 12.2 Å². The lowest BCUT2D eigenvalue weighted by Gasteiger charge is -2.00. The van der Waals surface area contributed by atoms with Gasteiger partial charge in [-0.25, -0.2) is 0 Å². The van der Waals surface area contributed by atoms with Crippen LogP contribution >= 0.6 is 24.8 Å². The fourth-order valence-electron chi connectivity index (χ4n) is 1.64. The van der Waals surface area contributed by atoms with Crippen molar-refractivity contribution in [3.8, 4) is 0 Å². The third kappa shape index (κ3) is 7.72. The fourth-order valence-corrected chi connectivity index (χ4v) is 1.97. The number of thiol groups is 1. The highest BCUT2D eigenvalue weighted by Crippen LogP contribution is 2.07. The second kappa shape index (κ2) is 10.7. The number of rotatable bonds is 5. The zero-order valence-corrected chi connectivity index (χ0v) is 14.5. The quantitative estimate of drug-likeness (QED) is 0.382. The summed E-state index contributed by atoms with van der Waals surface area (Å²) in [6, 6.07) is 16.8. The van der Waals surface area contributed by atoms with Gasteiger partial charge in [0, 0.05) is 22.2 Å². The molecule has 0 radical (unpaired) electrons. The fraction of sp³-hybridized carbons (Fsp3) is 0.167. The van der Waals surface area contributed by atoms with Crippen molar-refractivity contribution in [1.82, 2.24) is 0 Å². The van der Waals surface area contributed by atoms with Crippen LogP contribution in [-0.2, 0) is 9.53 Å². The minimum Gasteiger partial charge on any atom is -0.469 e. The lowest BCUT2D eigenvalue weighted by molar-refractivity contribution is -0.140. The average Bonchev–Trinajstić information content (AvgIpc) is 2.60. The maximum atomic E-state index is 11.6. The summed E-state index contributed by atoms with van der Waals surface area (Å²) in [5, 5.41) is 1.54. The first-order chi connectivity index (χ1) is 11.1. The van der Waals surface area contributed by atoms with Crippen molar-refractivity contribution in [1.29, 1.82) is 0 Å². The Balaban J connectivity index is 0.000000313. The third-order valence-corrected chi connectivity index (χ3v) is 3.48. The monoisotopic (exact) mass is 346 g/mol. The Morgan fingerprint density at radius 1 is 1.04 bits per heavy atom. The van der Waals surface area contributed by atoms with E-state index >= 15 is 0 Å². The standard InChI is InChI=1S/C12H12O3S.C6H6S/c1-15-12(14)7-6-11(13)10-4-2-9(8-16)3-5-10;7-6-4-2-1-3-5-6/h2-5,8H,6-7H2,1H3;1-5,7H. The Morgan fingerprint density at radius 2 is 1.65 bits per heavy atom. The second-order valence-electron chi connectivity index (χ2n) is 4.57. The molecule has 0 unspecified atom stereocenters. The van der Waals surface area contributed by atoms with Crippen molar-refractivity contribution < 1.29 is 14.3 Å². The van der Waals surface area contributed by atoms with Crippen molar-refractivity contribution >= 4 is 42.0 Å². The van der Waals surface area contributed by atoms with Crippen LogP contribution in [0.15, 0.2) is 59.5 Å². The summed E-state index contributed by atoms with van der Waals surface area (Å²) in [6.07, 6.45) is 0.286. The molecule has 0 heterocycles. The van der Waals surface area contributed by atoms with Crippen LogP contribution in [0.4, 0.5) is 0 Å². The van der Waals surface area contributed by atoms with E-state index in [2.05, 4.69) is 17.4 Å². The smallest absolute Gasteiger partial charge is 0.305 e. The lowest BCUT2D eigenvalue weighted by atomic mass is 10.1. The largest absolute Gasteiger partial charge is 0.469 e. The second-order valence-corrected chi connectivity index (χ2v) is 5.33. The lowest BCUT2D eigenvalue weighted by Crippen LogP contribution is -2.05. The molecule has 0 aliphatic carbocycles. The molecule has 2 aromatic rings. The molecule has 5 heteroatoms. The maximum absolute atomic E-state index is 11.6. The van der Waals surface area contributed by atoms with E-state index in [0.717, 1.165) is 10.5 Å². The Hall–Kier alpha value is -1.98. The highest BCUT2D eigenvalue weighted by Gasteiger charge is 2.08. The molecule has 0 saturated heterocycles. The van der Waals surface area contributed by atoms with Gasteiger partial charge in [0.1, 0.15) is 0 Å². The number of hydrogen-bond acceptors (Lipinski definition) is 5. The van der Waals surface area contributed by atoms with E-state index < -0.39 is 0 Å². The molecule has 3 nitrogen and oxygen atoms in total. The number of ketones is 1. The molecule has 0 N–H and O–H groups in total. The Kier molecular flexibility index (Phi) is 8.87. The molecule has 0 atom stereocenters. The van der Waals surface area contributed by atoms with Gasteiger partial charge >= 0.3 is 5.97 Å². The molecule has 0 aromatic heterocycles. The minimum absolute atomic E-state index is 0.0682. The van der Waals surface area contributed by atoms with Gasteiger partial charge < -0.3 is 4.74 Å². The van der Waals surface area contributed by atoms with Gasteiger partial charge in [-0.1, -0.05) is 54.7 Å². The molecule has 2 aromatic carbocycles. The Labute approximate surface area is 147 Å². The zero-order chi connectivity index (χ0) is 17.1. The van der Waals surface area contributed by atoms with E-state index in [-0.39, 0.29) is 24.6 Å². The highest BCUT2D eigenvalue weighted by atomic mass is 32.1. The molecule has 0 fully saturated rings. The van der Waals surface area contributed by atoms with Crippen molar-refractivity contribution in [2.75, 3.05) is 7.11 Å². The van der Waals surface area contributed by atoms with Crippen LogP contribution in [0, 0.1) is 0 Å². The van der Waals surface area contributed by atoms with Crippen molar-refractivity contribution in [2.24, 2.45) is 0 Å². The molecular weight excluding hydrogens is 328 g/mol. The first kappa shape index (κ1) is 19.1. The van der Waals surface area contributed by atoms with Crippen LogP contribution < -0.4 is 0 Å². The van der Waals surface area contributed by atoms with Gasteiger partial charge in [0.25, 0.3) is 0 Å². The zero-order valence-electron chi connectivity index (χ0n) is 12.8. The molecule has 0 bridgehead atoms. The number of benzene rings is 2. The van der Waals surface area contributed by atoms with E-state index in [1.807, 2.05) is 30.3 Å². The van der Waals surface area contributed by atoms with Gasteiger partial charge in [0.05, 0.1) is 13.5 Å². The van der Waals surface area contributed by atoms with E-state index in [1.165, 1.54) is 7.11 Å². The van der Waals surface area contributed by atoms with Crippen molar-refractivity contribution in [2.45, 2.75) is 17.7 Å². The van der Waals surface area contributed by atoms with Gasteiger partial charge in [0.15, 0.2) is 5.78 Å². The number of ether oxygens (including phenoxy) is 1. The summed E-state index contributed by atoms with van der Waals surface area (Å²) in [6.45, 7) is 0. The van der Waals surface area contributed by atoms with Crippen LogP contribution in [-0.4, -0.2) is 24.2 Å². The molecule has 120 valence electrons. The third-order valence-electron chi connectivity index (χ3n) is 2.91. The van der Waals surface area contributed by atoms with E-state index in [1.54, 1.807) is 29.6 Å². The Morgan fingerprint density at radius 3 is 2.09 bits per heavy atom. The predicted molar refractivity (Wildman–Crippen MR) is 98.5 cm³/mol. The highest BCUT2D eigenvalue weighted by molar-refractivity contribution is 7.80. The minimum atomic E-state index is -0.371. The van der Waals surface area contributed by atoms with Crippen molar-refractivity contribution in [3.63, 3.8) is 0 Å². The number of Topliss-reactive ketones (excluding diaryl/α,β-unsaturated/α-hetero) is 1. The number of thiocarbonyl (C=S) groups is 1. The molecule has 2 rings (SSSR count). The van der Waals surface area contributed by atoms with Gasteiger partial charge in [0.2, 0.25) is 0 Å². The molecule has 0 aliphatic rings. The molecule has 0 spiro atoms. The van der Waals surface area contributed by atoms with Gasteiger partial charge in [-0.15, -0.1) is 12.6 Å². The van der Waals surface area contributed by atoms with Crippen LogP contribution in [0.25, 0.3) is 0 Å². The van der Waals surface area contributed by atoms with Gasteiger partial charge in [-0.2, -0.15) is 0 Å². The predicted octanol–water partition coefficient (Wildman–Crippen LogP) is 4.15.